The maximum absolute atomic E-state index is 4.85. The van der Waals surface area contributed by atoms with Crippen molar-refractivity contribution < 1.29 is 4.74 Å². The van der Waals surface area contributed by atoms with Crippen LogP contribution in [0.1, 0.15) is 13.8 Å². The summed E-state index contributed by atoms with van der Waals surface area (Å²) in [6, 6.07) is 0. The third kappa shape index (κ3) is 9.96. The van der Waals surface area contributed by atoms with Crippen molar-refractivity contribution in [2.75, 3.05) is 0 Å². The first kappa shape index (κ1) is 11.6. The monoisotopic (exact) mass is 144 g/mol. The number of thiocarbonyl (C=S) groups is 1. The van der Waals surface area contributed by atoms with Gasteiger partial charge in [0.15, 0.2) is 0 Å². The molecule has 0 heterocycles. The summed E-state index contributed by atoms with van der Waals surface area (Å²) in [7, 11) is 0. The molecular weight excluding hydrogens is 135 g/mol. The van der Waals surface area contributed by atoms with Crippen LogP contribution in [0.15, 0.2) is 0 Å². The van der Waals surface area contributed by atoms with Crippen molar-refractivity contribution >= 4 is 48.1 Å². The second-order valence-electron chi connectivity index (χ2n) is 1.43. The first-order valence-electron chi connectivity index (χ1n) is 2.02. The Morgan fingerprint density at radius 3 is 2.00 bits per heavy atom. The van der Waals surface area contributed by atoms with Crippen LogP contribution < -0.4 is 0 Å². The van der Waals surface area contributed by atoms with E-state index in [1.165, 1.54) is 0 Å². The van der Waals surface area contributed by atoms with Gasteiger partial charge in [0, 0.05) is 0 Å². The van der Waals surface area contributed by atoms with Crippen LogP contribution in [0.3, 0.4) is 0 Å². The summed E-state index contributed by atoms with van der Waals surface area (Å²) in [5.74, 6) is 0. The summed E-state index contributed by atoms with van der Waals surface area (Å²) in [5.41, 5.74) is 0. The minimum absolute atomic E-state index is 0. The van der Waals surface area contributed by atoms with E-state index in [9.17, 15) is 0 Å². The standard InChI is InChI=1S/C4H8OS2.Li.H/c1-3(2)5-4(6)7;;/h3H,1-2H3,(H,6,7);;. The van der Waals surface area contributed by atoms with Gasteiger partial charge in [-0.2, -0.15) is 0 Å². The molecule has 0 atom stereocenters. The molecule has 0 aliphatic heterocycles. The Balaban J connectivity index is 0. The minimum atomic E-state index is 0. The summed E-state index contributed by atoms with van der Waals surface area (Å²) < 4.78 is 5.16. The number of ether oxygens (including phenoxy) is 1. The van der Waals surface area contributed by atoms with Crippen LogP contribution in [0.5, 0.6) is 0 Å². The SMILES string of the molecule is CC(C)OC(=S)S.[LiH]. The van der Waals surface area contributed by atoms with E-state index in [2.05, 4.69) is 24.8 Å². The second-order valence-corrected chi connectivity index (χ2v) is 2.51. The van der Waals surface area contributed by atoms with Gasteiger partial charge >= 0.3 is 18.9 Å². The summed E-state index contributed by atoms with van der Waals surface area (Å²) >= 11 is 8.26. The van der Waals surface area contributed by atoms with Crippen molar-refractivity contribution in [3.8, 4) is 0 Å². The van der Waals surface area contributed by atoms with Gasteiger partial charge < -0.3 is 4.74 Å². The third-order valence-corrected chi connectivity index (χ3v) is 0.538. The van der Waals surface area contributed by atoms with Gasteiger partial charge in [-0.3, -0.25) is 0 Å². The zero-order chi connectivity index (χ0) is 5.86. The van der Waals surface area contributed by atoms with Crippen molar-refractivity contribution in [3.05, 3.63) is 0 Å². The molecule has 0 bridgehead atoms. The van der Waals surface area contributed by atoms with E-state index in [1.54, 1.807) is 0 Å². The van der Waals surface area contributed by atoms with E-state index in [0.29, 0.717) is 4.38 Å². The Morgan fingerprint density at radius 1 is 1.62 bits per heavy atom. The molecule has 0 aliphatic carbocycles. The molecule has 0 saturated heterocycles. The molecule has 0 rings (SSSR count). The molecule has 0 fully saturated rings. The number of thiol groups is 1. The number of rotatable bonds is 1. The molecule has 4 heteroatoms. The fourth-order valence-electron chi connectivity index (χ4n) is 0.202. The van der Waals surface area contributed by atoms with Crippen LogP contribution in [-0.4, -0.2) is 29.3 Å². The van der Waals surface area contributed by atoms with Gasteiger partial charge in [0.05, 0.1) is 6.10 Å². The normalized spacial score (nSPS) is 8.00. The Bertz CT molecular complexity index is 74.4. The average molecular weight is 144 g/mol. The summed E-state index contributed by atoms with van der Waals surface area (Å²) in [4.78, 5) is 0. The molecule has 8 heavy (non-hydrogen) atoms. The second kappa shape index (κ2) is 5.96. The van der Waals surface area contributed by atoms with Gasteiger partial charge in [-0.05, 0) is 26.1 Å². The molecule has 0 amide bonds. The van der Waals surface area contributed by atoms with Crippen molar-refractivity contribution in [3.63, 3.8) is 0 Å². The van der Waals surface area contributed by atoms with Crippen molar-refractivity contribution in [2.24, 2.45) is 0 Å². The molecule has 0 aliphatic rings. The molecule has 0 saturated carbocycles. The molecule has 0 radical (unpaired) electrons. The van der Waals surface area contributed by atoms with Crippen LogP contribution in [0.25, 0.3) is 0 Å². The van der Waals surface area contributed by atoms with Crippen LogP contribution in [0.4, 0.5) is 0 Å². The van der Waals surface area contributed by atoms with Crippen LogP contribution in [0.2, 0.25) is 0 Å². The Hall–Kier alpha value is 0.837. The molecule has 0 aromatic heterocycles. The van der Waals surface area contributed by atoms with E-state index < -0.39 is 0 Å². The molecule has 0 aromatic rings. The van der Waals surface area contributed by atoms with Gasteiger partial charge in [-0.1, -0.05) is 12.6 Å². The molecule has 44 valence electrons. The average Bonchev–Trinajstić information content (AvgIpc) is 1.27. The topological polar surface area (TPSA) is 9.23 Å². The predicted molar refractivity (Wildman–Crippen MR) is 45.0 cm³/mol. The Morgan fingerprint density at radius 2 is 2.00 bits per heavy atom. The molecule has 1 nitrogen and oxygen atoms in total. The zero-order valence-corrected chi connectivity index (χ0v) is 6.05. The fourth-order valence-corrected chi connectivity index (χ4v) is 0.605. The first-order chi connectivity index (χ1) is 3.13. The summed E-state index contributed by atoms with van der Waals surface area (Å²) in [6.45, 7) is 3.81. The number of hydrogen-bond donors (Lipinski definition) is 1. The van der Waals surface area contributed by atoms with E-state index >= 15 is 0 Å². The Kier molecular flexibility index (Phi) is 8.66. The number of hydrogen-bond acceptors (Lipinski definition) is 2. The van der Waals surface area contributed by atoms with Gasteiger partial charge in [-0.25, -0.2) is 0 Å². The summed E-state index contributed by atoms with van der Waals surface area (Å²) in [5, 5.41) is 0. The predicted octanol–water partition coefficient (Wildman–Crippen LogP) is 0.978. The molecule has 0 aromatic carbocycles. The van der Waals surface area contributed by atoms with Crippen molar-refractivity contribution in [2.45, 2.75) is 20.0 Å². The maximum atomic E-state index is 4.85. The zero-order valence-electron chi connectivity index (χ0n) is 4.34. The summed E-state index contributed by atoms with van der Waals surface area (Å²) in [6.07, 6.45) is 0.157. The first-order valence-corrected chi connectivity index (χ1v) is 2.88. The van der Waals surface area contributed by atoms with Crippen molar-refractivity contribution in [1.82, 2.24) is 0 Å². The van der Waals surface area contributed by atoms with Gasteiger partial charge in [0.2, 0.25) is 4.38 Å². The fraction of sp³-hybridized carbons (Fsp3) is 0.750. The van der Waals surface area contributed by atoms with E-state index in [0.717, 1.165) is 0 Å². The van der Waals surface area contributed by atoms with Crippen LogP contribution in [0, 0.1) is 0 Å². The third-order valence-electron chi connectivity index (χ3n) is 0.337. The molecule has 0 N–H and O–H groups in total. The molecule has 0 unspecified atom stereocenters. The molecule has 0 spiro atoms. The van der Waals surface area contributed by atoms with Crippen LogP contribution in [-0.2, 0) is 4.74 Å². The van der Waals surface area contributed by atoms with E-state index in [1.807, 2.05) is 13.8 Å². The molecular formula is C4H9LiOS2. The van der Waals surface area contributed by atoms with Gasteiger partial charge in [0.25, 0.3) is 0 Å². The van der Waals surface area contributed by atoms with Gasteiger partial charge in [-0.15, -0.1) is 0 Å². The van der Waals surface area contributed by atoms with Crippen molar-refractivity contribution in [1.29, 1.82) is 0 Å². The quantitative estimate of drug-likeness (QED) is 0.334. The Labute approximate surface area is 72.8 Å². The van der Waals surface area contributed by atoms with Crippen LogP contribution >= 0.6 is 24.8 Å². The van der Waals surface area contributed by atoms with E-state index in [4.69, 9.17) is 4.74 Å². The van der Waals surface area contributed by atoms with E-state index in [-0.39, 0.29) is 25.0 Å². The van der Waals surface area contributed by atoms with Gasteiger partial charge in [0.1, 0.15) is 0 Å².